The van der Waals surface area contributed by atoms with E-state index >= 15 is 0 Å². The Morgan fingerprint density at radius 3 is 3.12 bits per heavy atom. The van der Waals surface area contributed by atoms with Gasteiger partial charge in [0.2, 0.25) is 4.96 Å². The molecule has 2 heterocycles. The van der Waals surface area contributed by atoms with Gasteiger partial charge in [0.15, 0.2) is 0 Å². The molecule has 0 amide bonds. The highest BCUT2D eigenvalue weighted by Gasteiger charge is 2.25. The number of aromatic nitrogens is 3. The molecule has 3 nitrogen and oxygen atoms in total. The molecule has 3 aromatic rings. The van der Waals surface area contributed by atoms with Gasteiger partial charge in [-0.1, -0.05) is 35.6 Å². The highest BCUT2D eigenvalue weighted by Crippen LogP contribution is 2.36. The third-order valence-corrected chi connectivity index (χ3v) is 3.85. The van der Waals surface area contributed by atoms with Gasteiger partial charge in [-0.05, 0) is 12.5 Å². The number of benzene rings is 1. The van der Waals surface area contributed by atoms with Crippen LogP contribution in [0.1, 0.15) is 16.3 Å². The van der Waals surface area contributed by atoms with E-state index in [1.807, 2.05) is 11.4 Å². The molecule has 0 radical (unpaired) electrons. The highest BCUT2D eigenvalue weighted by atomic mass is 32.1. The molecule has 0 saturated carbocycles. The summed E-state index contributed by atoms with van der Waals surface area (Å²) >= 11 is 1.65. The van der Waals surface area contributed by atoms with Crippen molar-refractivity contribution in [2.75, 3.05) is 0 Å². The number of aryl methyl sites for hydroxylation is 1. The zero-order valence-corrected chi connectivity index (χ0v) is 9.58. The largest absolute Gasteiger partial charge is 0.217 e. The summed E-state index contributed by atoms with van der Waals surface area (Å²) in [5, 5.41) is 5.57. The normalized spacial score (nSPS) is 13.1. The zero-order valence-electron chi connectivity index (χ0n) is 8.77. The van der Waals surface area contributed by atoms with Crippen molar-refractivity contribution in [3.8, 4) is 11.3 Å². The number of hydrogen-bond acceptors (Lipinski definition) is 3. The van der Waals surface area contributed by atoms with Gasteiger partial charge in [0.05, 0.1) is 11.4 Å². The van der Waals surface area contributed by atoms with Gasteiger partial charge in [0.25, 0.3) is 0 Å². The molecule has 78 valence electrons. The van der Waals surface area contributed by atoms with Crippen molar-refractivity contribution in [3.05, 3.63) is 40.5 Å². The fourth-order valence-corrected chi connectivity index (χ4v) is 3.11. The van der Waals surface area contributed by atoms with E-state index in [0.717, 1.165) is 22.1 Å². The Hall–Kier alpha value is -1.68. The summed E-state index contributed by atoms with van der Waals surface area (Å²) in [5.41, 5.74) is 4.99. The fraction of sp³-hybridized carbons (Fsp3) is 0.167. The van der Waals surface area contributed by atoms with Crippen molar-refractivity contribution < 1.29 is 0 Å². The average Bonchev–Trinajstić information content (AvgIpc) is 2.87. The first kappa shape index (κ1) is 8.47. The lowest BCUT2D eigenvalue weighted by atomic mass is 10.1. The molecule has 16 heavy (non-hydrogen) atoms. The first-order valence-corrected chi connectivity index (χ1v) is 6.08. The number of hydrogen-bond donors (Lipinski definition) is 0. The Morgan fingerprint density at radius 2 is 2.19 bits per heavy atom. The summed E-state index contributed by atoms with van der Waals surface area (Å²) in [6.07, 6.45) is 0.954. The van der Waals surface area contributed by atoms with Crippen LogP contribution in [0, 0.1) is 6.92 Å². The molecule has 0 aliphatic heterocycles. The second-order valence-corrected chi connectivity index (χ2v) is 5.22. The predicted octanol–water partition coefficient (Wildman–Crippen LogP) is 2.67. The minimum atomic E-state index is 0.954. The Labute approximate surface area is 96.4 Å². The number of rotatable bonds is 0. The average molecular weight is 227 g/mol. The summed E-state index contributed by atoms with van der Waals surface area (Å²) in [4.78, 5) is 5.69. The monoisotopic (exact) mass is 227 g/mol. The molecule has 0 bridgehead atoms. The lowest BCUT2D eigenvalue weighted by molar-refractivity contribution is 0.889. The Bertz CT molecular complexity index is 708. The molecule has 4 rings (SSSR count). The quantitative estimate of drug-likeness (QED) is 0.462. The highest BCUT2D eigenvalue weighted by molar-refractivity contribution is 7.16. The van der Waals surface area contributed by atoms with Gasteiger partial charge in [0, 0.05) is 12.0 Å². The van der Waals surface area contributed by atoms with E-state index in [9.17, 15) is 0 Å². The van der Waals surface area contributed by atoms with E-state index in [1.165, 1.54) is 16.8 Å². The number of fused-ring (bicyclic) bond motifs is 5. The number of nitrogens with zero attached hydrogens (tertiary/aromatic N) is 3. The molecule has 1 aliphatic carbocycles. The second-order valence-electron chi connectivity index (χ2n) is 4.06. The predicted molar refractivity (Wildman–Crippen MR) is 63.8 cm³/mol. The zero-order chi connectivity index (χ0) is 10.7. The van der Waals surface area contributed by atoms with Gasteiger partial charge in [-0.3, -0.25) is 0 Å². The van der Waals surface area contributed by atoms with Crippen LogP contribution < -0.4 is 0 Å². The van der Waals surface area contributed by atoms with Gasteiger partial charge in [-0.2, -0.15) is 5.10 Å². The van der Waals surface area contributed by atoms with Crippen LogP contribution in [0.4, 0.5) is 0 Å². The van der Waals surface area contributed by atoms with Crippen LogP contribution in [0.15, 0.2) is 24.3 Å². The van der Waals surface area contributed by atoms with E-state index in [1.54, 1.807) is 11.3 Å². The second kappa shape index (κ2) is 2.71. The van der Waals surface area contributed by atoms with E-state index in [2.05, 4.69) is 34.3 Å². The first-order chi connectivity index (χ1) is 7.83. The van der Waals surface area contributed by atoms with Crippen LogP contribution in [0.5, 0.6) is 0 Å². The smallest absolute Gasteiger partial charge is 0.212 e. The van der Waals surface area contributed by atoms with Crippen molar-refractivity contribution in [2.45, 2.75) is 13.3 Å². The lowest BCUT2D eigenvalue weighted by Gasteiger charge is -1.95. The van der Waals surface area contributed by atoms with Crippen LogP contribution in [-0.4, -0.2) is 14.6 Å². The van der Waals surface area contributed by atoms with Crippen molar-refractivity contribution in [2.24, 2.45) is 0 Å². The van der Waals surface area contributed by atoms with Gasteiger partial charge < -0.3 is 0 Å². The van der Waals surface area contributed by atoms with E-state index in [4.69, 9.17) is 0 Å². The first-order valence-electron chi connectivity index (χ1n) is 5.26. The molecule has 0 N–H and O–H groups in total. The molecule has 2 aromatic heterocycles. The van der Waals surface area contributed by atoms with Crippen LogP contribution in [0.25, 0.3) is 16.2 Å². The van der Waals surface area contributed by atoms with E-state index in [-0.39, 0.29) is 0 Å². The topological polar surface area (TPSA) is 30.2 Å². The van der Waals surface area contributed by atoms with Crippen LogP contribution in [0.3, 0.4) is 0 Å². The van der Waals surface area contributed by atoms with Crippen molar-refractivity contribution in [1.29, 1.82) is 0 Å². The number of imidazole rings is 1. The van der Waals surface area contributed by atoms with Crippen molar-refractivity contribution in [3.63, 3.8) is 0 Å². The summed E-state index contributed by atoms with van der Waals surface area (Å²) in [6.45, 7) is 2.02. The summed E-state index contributed by atoms with van der Waals surface area (Å²) in [6, 6.07) is 8.46. The van der Waals surface area contributed by atoms with E-state index in [0.29, 0.717) is 0 Å². The minimum Gasteiger partial charge on any atom is -0.217 e. The van der Waals surface area contributed by atoms with Gasteiger partial charge in [-0.25, -0.2) is 9.50 Å². The molecule has 4 heteroatoms. The minimum absolute atomic E-state index is 0.954. The van der Waals surface area contributed by atoms with Gasteiger partial charge in [-0.15, -0.1) is 0 Å². The molecule has 0 spiro atoms. The lowest BCUT2D eigenvalue weighted by Crippen LogP contribution is -1.91. The molecular weight excluding hydrogens is 218 g/mol. The van der Waals surface area contributed by atoms with Crippen molar-refractivity contribution >= 4 is 16.3 Å². The maximum absolute atomic E-state index is 4.67. The molecular formula is C12H9N3S. The fourth-order valence-electron chi connectivity index (χ4n) is 2.35. The third-order valence-electron chi connectivity index (χ3n) is 3.03. The maximum atomic E-state index is 4.67. The van der Waals surface area contributed by atoms with Crippen molar-refractivity contribution in [1.82, 2.24) is 14.6 Å². The Balaban J connectivity index is 2.09. The SMILES string of the molecule is Cc1nn2c3c(nc2s1)-c1ccccc1C3. The van der Waals surface area contributed by atoms with E-state index < -0.39 is 0 Å². The van der Waals surface area contributed by atoms with Gasteiger partial charge >= 0.3 is 0 Å². The van der Waals surface area contributed by atoms with Gasteiger partial charge in [0.1, 0.15) is 5.01 Å². The standard InChI is InChI=1S/C12H9N3S/c1-7-14-15-10-6-8-4-2-3-5-9(8)11(10)13-12(15)16-7/h2-5H,6H2,1H3. The van der Waals surface area contributed by atoms with Crippen LogP contribution >= 0.6 is 11.3 Å². The summed E-state index contributed by atoms with van der Waals surface area (Å²) < 4.78 is 2.00. The van der Waals surface area contributed by atoms with Crippen LogP contribution in [0.2, 0.25) is 0 Å². The molecule has 0 atom stereocenters. The molecule has 1 aromatic carbocycles. The molecule has 1 aliphatic rings. The summed E-state index contributed by atoms with van der Waals surface area (Å²) in [7, 11) is 0. The Morgan fingerprint density at radius 1 is 1.31 bits per heavy atom. The third kappa shape index (κ3) is 0.925. The molecule has 0 fully saturated rings. The Kier molecular flexibility index (Phi) is 1.43. The van der Waals surface area contributed by atoms with Crippen LogP contribution in [-0.2, 0) is 6.42 Å². The molecule has 0 unspecified atom stereocenters. The maximum Gasteiger partial charge on any atom is 0.212 e. The molecule has 0 saturated heterocycles. The summed E-state index contributed by atoms with van der Waals surface area (Å²) in [5.74, 6) is 0.